The van der Waals surface area contributed by atoms with Crippen molar-refractivity contribution < 1.29 is 8.63 Å². The van der Waals surface area contributed by atoms with Gasteiger partial charge in [-0.1, -0.05) is 243 Å². The van der Waals surface area contributed by atoms with Crippen molar-refractivity contribution in [2.24, 2.45) is 4.99 Å². The van der Waals surface area contributed by atoms with E-state index >= 15 is 8.63 Å². The molecule has 0 radical (unpaired) electrons. The molecule has 2 aliphatic rings. The van der Waals surface area contributed by atoms with Gasteiger partial charge in [0, 0.05) is 39.0 Å². The Morgan fingerprint density at radius 3 is 1.68 bits per heavy atom. The summed E-state index contributed by atoms with van der Waals surface area (Å²) < 4.78 is 35.0. The predicted molar refractivity (Wildman–Crippen MR) is 296 cm³/mol. The van der Waals surface area contributed by atoms with Crippen molar-refractivity contribution in [2.45, 2.75) is 71.6 Å². The third-order valence-electron chi connectivity index (χ3n) is 14.8. The fourth-order valence-electron chi connectivity index (χ4n) is 11.0. The molecule has 348 valence electrons. The van der Waals surface area contributed by atoms with Gasteiger partial charge in [0.15, 0.2) is 0 Å². The van der Waals surface area contributed by atoms with E-state index in [0.29, 0.717) is 33.8 Å². The lowest BCUT2D eigenvalue weighted by molar-refractivity contribution is 0.590. The first kappa shape index (κ1) is 45.8. The average Bonchev–Trinajstić information content (AvgIpc) is 4.03. The lowest BCUT2D eigenvalue weighted by Crippen LogP contribution is -2.18. The molecule has 0 unspecified atom stereocenters. The van der Waals surface area contributed by atoms with Gasteiger partial charge in [-0.2, -0.15) is 0 Å². The van der Waals surface area contributed by atoms with Gasteiger partial charge < -0.3 is 4.48 Å². The van der Waals surface area contributed by atoms with Crippen LogP contribution < -0.4 is 0 Å². The Kier molecular flexibility index (Phi) is 11.2. The Bertz CT molecular complexity index is 3610. The molecule has 0 fully saturated rings. The van der Waals surface area contributed by atoms with Gasteiger partial charge in [0.1, 0.15) is 0 Å². The number of benzene rings is 8. The van der Waals surface area contributed by atoms with Crippen LogP contribution in [0.25, 0.3) is 61.0 Å². The van der Waals surface area contributed by atoms with Crippen molar-refractivity contribution in [2.75, 3.05) is 0 Å². The monoisotopic (exact) mass is 926 g/mol. The van der Waals surface area contributed by atoms with Crippen LogP contribution in [0.4, 0.5) is 8.63 Å². The highest BCUT2D eigenvalue weighted by molar-refractivity contribution is 6.44. The lowest BCUT2D eigenvalue weighted by Gasteiger charge is -2.23. The number of hydrogen-bond donors (Lipinski definition) is 0. The van der Waals surface area contributed by atoms with Crippen LogP contribution >= 0.6 is 0 Å². The second-order valence-electron chi connectivity index (χ2n) is 21.7. The molecule has 8 aromatic carbocycles. The molecule has 0 spiro atoms. The molecule has 0 amide bonds. The first-order valence-electron chi connectivity index (χ1n) is 24.8. The number of hydrogen-bond acceptors (Lipinski definition) is 1. The molecule has 0 saturated heterocycles. The van der Waals surface area contributed by atoms with Gasteiger partial charge >= 0.3 is 7.40 Å². The van der Waals surface area contributed by atoms with E-state index in [2.05, 4.69) is 183 Å². The lowest BCUT2D eigenvalue weighted by atomic mass is 9.80. The number of aromatic nitrogens is 1. The Labute approximate surface area is 418 Å². The van der Waals surface area contributed by atoms with Crippen LogP contribution in [0.5, 0.6) is 0 Å². The molecular formula is C66H57BF2N2. The van der Waals surface area contributed by atoms with E-state index < -0.39 is 7.40 Å². The summed E-state index contributed by atoms with van der Waals surface area (Å²) in [7, 11) is -2.91. The van der Waals surface area contributed by atoms with E-state index in [1.165, 1.54) is 32.3 Å². The number of allylic oxidation sites excluding steroid dienone is 2. The SMILES string of the molecule is CC(C)(C)c1ccc(C2=N/C(=C(/c3cccc4ccccc34)c3c(-c4ccccc4)cc(-c4ccc(C(C)(C)C)cc4)n3B(F)F)C(c3ccccc3)=C2c2ccc3c(c2)C(C)(C)c2ccccc2-3)cc1. The van der Waals surface area contributed by atoms with E-state index in [1.54, 1.807) is 0 Å². The Hall–Kier alpha value is -7.63. The van der Waals surface area contributed by atoms with Gasteiger partial charge in [-0.25, -0.2) is 4.99 Å². The molecule has 11 rings (SSSR count). The predicted octanol–water partition coefficient (Wildman–Crippen LogP) is 17.5. The van der Waals surface area contributed by atoms with Crippen LogP contribution in [-0.4, -0.2) is 17.6 Å². The number of fused-ring (bicyclic) bond motifs is 4. The second-order valence-corrected chi connectivity index (χ2v) is 21.7. The third-order valence-corrected chi connectivity index (χ3v) is 14.8. The van der Waals surface area contributed by atoms with Gasteiger partial charge in [-0.15, -0.1) is 0 Å². The molecular weight excluding hydrogens is 870 g/mol. The molecule has 0 bridgehead atoms. The summed E-state index contributed by atoms with van der Waals surface area (Å²) in [6, 6.07) is 69.4. The number of rotatable bonds is 8. The molecule has 1 aliphatic heterocycles. The second kappa shape index (κ2) is 17.3. The van der Waals surface area contributed by atoms with E-state index in [-0.39, 0.29) is 16.2 Å². The third kappa shape index (κ3) is 7.93. The summed E-state index contributed by atoms with van der Waals surface area (Å²) in [6.07, 6.45) is 0. The fraction of sp³-hybridized carbons (Fsp3) is 0.167. The summed E-state index contributed by atoms with van der Waals surface area (Å²) >= 11 is 0. The minimum absolute atomic E-state index is 0.0731. The molecule has 0 N–H and O–H groups in total. The quantitative estimate of drug-likeness (QED) is 0.135. The Balaban J connectivity index is 1.32. The van der Waals surface area contributed by atoms with Crippen LogP contribution in [-0.2, 0) is 16.2 Å². The summed E-state index contributed by atoms with van der Waals surface area (Å²) in [6.45, 7) is 17.8. The topological polar surface area (TPSA) is 17.3 Å². The van der Waals surface area contributed by atoms with Crippen LogP contribution in [0.1, 0.15) is 106 Å². The van der Waals surface area contributed by atoms with Crippen molar-refractivity contribution in [3.8, 4) is 33.5 Å². The summed E-state index contributed by atoms with van der Waals surface area (Å²) in [5, 5.41) is 1.95. The highest BCUT2D eigenvalue weighted by Gasteiger charge is 2.39. The molecule has 2 heterocycles. The van der Waals surface area contributed by atoms with E-state index in [0.717, 1.165) is 61.0 Å². The first-order valence-corrected chi connectivity index (χ1v) is 24.8. The van der Waals surface area contributed by atoms with Crippen LogP contribution in [0.15, 0.2) is 211 Å². The standard InChI is InChI=1S/C66H57BF2N2/c1-64(2,3)48-35-30-44(31-36-48)57-41-54(43-20-11-9-12-21-43)63(71(57)67(68)69)60(53-28-19-25-42-22-15-16-26-50(42)53)62-58(45-23-13-10-14-24-45)59(61(70-62)46-32-37-49(38-33-46)65(4,5)6)47-34-39-52-51-27-17-18-29-55(51)66(7,8)56(52)40-47/h9-41H,1-8H3/b62-60-. The highest BCUT2D eigenvalue weighted by Crippen LogP contribution is 2.53. The van der Waals surface area contributed by atoms with Gasteiger partial charge in [0.25, 0.3) is 0 Å². The zero-order valence-corrected chi connectivity index (χ0v) is 41.8. The largest absolute Gasteiger partial charge is 0.678 e. The normalized spacial score (nSPS) is 14.9. The van der Waals surface area contributed by atoms with Crippen molar-refractivity contribution >= 4 is 40.6 Å². The van der Waals surface area contributed by atoms with Crippen molar-refractivity contribution in [1.82, 2.24) is 4.48 Å². The van der Waals surface area contributed by atoms with Crippen molar-refractivity contribution in [3.05, 3.63) is 256 Å². The zero-order valence-electron chi connectivity index (χ0n) is 41.8. The van der Waals surface area contributed by atoms with Crippen molar-refractivity contribution in [3.63, 3.8) is 0 Å². The smallest absolute Gasteiger partial charge is 0.324 e. The molecule has 0 saturated carbocycles. The zero-order chi connectivity index (χ0) is 49.4. The van der Waals surface area contributed by atoms with Gasteiger partial charge in [-0.3, -0.25) is 8.63 Å². The van der Waals surface area contributed by atoms with E-state index in [1.807, 2.05) is 72.8 Å². The Morgan fingerprint density at radius 1 is 0.479 bits per heavy atom. The minimum Gasteiger partial charge on any atom is -0.324 e. The molecule has 9 aromatic rings. The van der Waals surface area contributed by atoms with Gasteiger partial charge in [0.2, 0.25) is 0 Å². The summed E-state index contributed by atoms with van der Waals surface area (Å²) in [4.78, 5) is 5.91. The molecule has 1 aliphatic carbocycles. The summed E-state index contributed by atoms with van der Waals surface area (Å²) in [5.74, 6) is 0. The number of aliphatic imine (C=N–C) groups is 1. The number of nitrogens with zero attached hydrogens (tertiary/aromatic N) is 2. The van der Waals surface area contributed by atoms with Crippen LogP contribution in [0.2, 0.25) is 0 Å². The van der Waals surface area contributed by atoms with Crippen LogP contribution in [0.3, 0.4) is 0 Å². The first-order chi connectivity index (χ1) is 34.1. The van der Waals surface area contributed by atoms with Gasteiger partial charge in [0.05, 0.1) is 17.1 Å². The highest BCUT2D eigenvalue weighted by atomic mass is 19.2. The van der Waals surface area contributed by atoms with Crippen molar-refractivity contribution in [1.29, 1.82) is 0 Å². The molecule has 1 aromatic heterocycles. The molecule has 71 heavy (non-hydrogen) atoms. The maximum atomic E-state index is 16.9. The van der Waals surface area contributed by atoms with Gasteiger partial charge in [-0.05, 0) is 94.9 Å². The Morgan fingerprint density at radius 2 is 1.03 bits per heavy atom. The number of halogens is 2. The maximum Gasteiger partial charge on any atom is 0.678 e. The maximum absolute atomic E-state index is 16.9. The van der Waals surface area contributed by atoms with Crippen LogP contribution in [0, 0.1) is 0 Å². The summed E-state index contributed by atoms with van der Waals surface area (Å²) in [5.41, 5.74) is 17.6. The fourth-order valence-corrected chi connectivity index (χ4v) is 11.0. The molecule has 2 nitrogen and oxygen atoms in total. The minimum atomic E-state index is -2.91. The van der Waals surface area contributed by atoms with E-state index in [9.17, 15) is 0 Å². The van der Waals surface area contributed by atoms with E-state index in [4.69, 9.17) is 4.99 Å². The molecule has 5 heteroatoms. The average molecular weight is 927 g/mol. The molecule has 0 atom stereocenters.